The molecule has 1 aliphatic rings. The number of hydrogen-bond donors (Lipinski definition) is 1. The number of carbonyl (C=O) groups excluding carboxylic acids is 1. The molecule has 0 bridgehead atoms. The average Bonchev–Trinajstić information content (AvgIpc) is 2.83. The fraction of sp³-hybridized carbons (Fsp3) is 0.333. The molecule has 0 saturated heterocycles. The summed E-state index contributed by atoms with van der Waals surface area (Å²) < 4.78 is 28.1. The summed E-state index contributed by atoms with van der Waals surface area (Å²) in [5.74, 6) is -0.201. The van der Waals surface area contributed by atoms with Crippen LogP contribution in [0.2, 0.25) is 0 Å². The van der Waals surface area contributed by atoms with Gasteiger partial charge in [0, 0.05) is 42.5 Å². The Morgan fingerprint density at radius 2 is 2.12 bits per heavy atom. The summed E-state index contributed by atoms with van der Waals surface area (Å²) in [5, 5.41) is 1.44. The van der Waals surface area contributed by atoms with Gasteiger partial charge in [-0.1, -0.05) is 12.1 Å². The molecule has 1 amide bonds. The van der Waals surface area contributed by atoms with E-state index >= 15 is 0 Å². The normalized spacial score (nSPS) is 18.2. The highest BCUT2D eigenvalue weighted by Gasteiger charge is 2.31. The van der Waals surface area contributed by atoms with E-state index in [4.69, 9.17) is 5.73 Å². The van der Waals surface area contributed by atoms with Crippen LogP contribution in [-0.2, 0) is 14.8 Å². The quantitative estimate of drug-likeness (QED) is 0.872. The third-order valence-corrected chi connectivity index (χ3v) is 6.45. The highest BCUT2D eigenvalue weighted by molar-refractivity contribution is 7.89. The number of nitrogens with two attached hydrogens (primary N) is 1. The van der Waals surface area contributed by atoms with Gasteiger partial charge in [0.05, 0.1) is 17.5 Å². The topological polar surface area (TPSA) is 96.6 Å². The van der Waals surface area contributed by atoms with Crippen LogP contribution in [-0.4, -0.2) is 54.2 Å². The Hall–Kier alpha value is -2.45. The Morgan fingerprint density at radius 3 is 2.85 bits per heavy atom. The number of sulfonamides is 1. The van der Waals surface area contributed by atoms with Crippen molar-refractivity contribution in [2.45, 2.75) is 24.8 Å². The molecule has 26 heavy (non-hydrogen) atoms. The zero-order valence-corrected chi connectivity index (χ0v) is 15.6. The van der Waals surface area contributed by atoms with Gasteiger partial charge in [0.1, 0.15) is 0 Å². The van der Waals surface area contributed by atoms with E-state index < -0.39 is 16.1 Å². The van der Waals surface area contributed by atoms with E-state index in [-0.39, 0.29) is 23.9 Å². The van der Waals surface area contributed by atoms with Crippen molar-refractivity contribution in [2.75, 3.05) is 19.6 Å². The lowest BCUT2D eigenvalue weighted by molar-refractivity contribution is -0.129. The van der Waals surface area contributed by atoms with E-state index in [1.807, 2.05) is 13.0 Å². The predicted octanol–water partition coefficient (Wildman–Crippen LogP) is 1.24. The first-order valence-corrected chi connectivity index (χ1v) is 9.81. The Labute approximate surface area is 153 Å². The van der Waals surface area contributed by atoms with Gasteiger partial charge in [-0.25, -0.2) is 8.42 Å². The molecule has 8 heteroatoms. The van der Waals surface area contributed by atoms with Crippen molar-refractivity contribution in [3.63, 3.8) is 0 Å². The first-order chi connectivity index (χ1) is 12.4. The van der Waals surface area contributed by atoms with Crippen LogP contribution in [0, 0.1) is 6.92 Å². The molecule has 1 atom stereocenters. The third-order valence-electron chi connectivity index (χ3n) is 4.51. The summed E-state index contributed by atoms with van der Waals surface area (Å²) >= 11 is 0. The Bertz CT molecular complexity index is 966. The molecule has 0 spiro atoms. The van der Waals surface area contributed by atoms with Crippen molar-refractivity contribution in [1.29, 1.82) is 0 Å². The number of aromatic nitrogens is 1. The third kappa shape index (κ3) is 3.17. The van der Waals surface area contributed by atoms with E-state index in [1.165, 1.54) is 4.31 Å². The van der Waals surface area contributed by atoms with E-state index in [9.17, 15) is 13.2 Å². The summed E-state index contributed by atoms with van der Waals surface area (Å²) in [6.07, 6.45) is 6.53. The second kappa shape index (κ2) is 7.05. The molecule has 1 aromatic carbocycles. The minimum absolute atomic E-state index is 0.0944. The van der Waals surface area contributed by atoms with Gasteiger partial charge in [-0.2, -0.15) is 0 Å². The first-order valence-electron chi connectivity index (χ1n) is 8.37. The number of amides is 1. The maximum absolute atomic E-state index is 13.4. The van der Waals surface area contributed by atoms with Gasteiger partial charge in [-0.15, -0.1) is 0 Å². The van der Waals surface area contributed by atoms with Crippen molar-refractivity contribution in [2.24, 2.45) is 5.73 Å². The lowest BCUT2D eigenvalue weighted by Crippen LogP contribution is -2.44. The van der Waals surface area contributed by atoms with E-state index in [0.29, 0.717) is 11.9 Å². The zero-order chi connectivity index (χ0) is 18.9. The van der Waals surface area contributed by atoms with Gasteiger partial charge in [-0.3, -0.25) is 14.1 Å². The lowest BCUT2D eigenvalue weighted by Gasteiger charge is -2.29. The molecule has 1 aliphatic heterocycles. The highest BCUT2D eigenvalue weighted by Crippen LogP contribution is 2.29. The Morgan fingerprint density at radius 1 is 1.35 bits per heavy atom. The summed E-state index contributed by atoms with van der Waals surface area (Å²) in [6.45, 7) is 4.16. The Kier molecular flexibility index (Phi) is 4.97. The first kappa shape index (κ1) is 18.3. The molecule has 3 rings (SSSR count). The lowest BCUT2D eigenvalue weighted by atomic mass is 10.1. The number of nitrogens with zero attached hydrogens (tertiary/aromatic N) is 3. The maximum atomic E-state index is 13.4. The van der Waals surface area contributed by atoms with E-state index in [0.717, 1.165) is 10.9 Å². The molecule has 0 aliphatic carbocycles. The molecule has 0 saturated carbocycles. The molecule has 7 nitrogen and oxygen atoms in total. The van der Waals surface area contributed by atoms with Crippen LogP contribution in [0.5, 0.6) is 0 Å². The predicted molar refractivity (Wildman–Crippen MR) is 99.7 cm³/mol. The van der Waals surface area contributed by atoms with Crippen LogP contribution in [0.15, 0.2) is 47.8 Å². The van der Waals surface area contributed by atoms with Crippen molar-refractivity contribution in [1.82, 2.24) is 14.2 Å². The number of aryl methyl sites for hydroxylation is 1. The number of hydrogen-bond acceptors (Lipinski definition) is 5. The number of benzene rings is 1. The van der Waals surface area contributed by atoms with Gasteiger partial charge in [0.15, 0.2) is 0 Å². The molecule has 2 heterocycles. The van der Waals surface area contributed by atoms with E-state index in [2.05, 4.69) is 4.98 Å². The van der Waals surface area contributed by atoms with Crippen molar-refractivity contribution < 1.29 is 13.2 Å². The van der Waals surface area contributed by atoms with Crippen LogP contribution in [0.3, 0.4) is 0 Å². The number of fused-ring (bicyclic) bond motifs is 1. The van der Waals surface area contributed by atoms with Crippen LogP contribution in [0.25, 0.3) is 10.8 Å². The molecular formula is C18H22N4O3S. The van der Waals surface area contributed by atoms with Gasteiger partial charge >= 0.3 is 0 Å². The molecular weight excluding hydrogens is 352 g/mol. The second-order valence-electron chi connectivity index (χ2n) is 6.38. The Balaban J connectivity index is 2.05. The summed E-state index contributed by atoms with van der Waals surface area (Å²) in [4.78, 5) is 17.8. The summed E-state index contributed by atoms with van der Waals surface area (Å²) in [7, 11) is -3.79. The molecule has 138 valence electrons. The molecule has 1 aromatic heterocycles. The smallest absolute Gasteiger partial charge is 0.264 e. The van der Waals surface area contributed by atoms with Gasteiger partial charge in [0.25, 0.3) is 10.0 Å². The van der Waals surface area contributed by atoms with Crippen molar-refractivity contribution in [3.05, 3.63) is 48.4 Å². The zero-order valence-electron chi connectivity index (χ0n) is 14.8. The molecule has 0 unspecified atom stereocenters. The number of rotatable bonds is 3. The average molecular weight is 374 g/mol. The summed E-state index contributed by atoms with van der Waals surface area (Å²) in [5.41, 5.74) is 6.24. The second-order valence-corrected chi connectivity index (χ2v) is 8.19. The minimum atomic E-state index is -3.79. The maximum Gasteiger partial charge on any atom is 0.264 e. The SMILES string of the molecule is Cc1cncc2cccc(S(=O)(=O)N3C=CCN(C(=O)CN)C[C@@H]3C)c12. The van der Waals surface area contributed by atoms with Crippen LogP contribution >= 0.6 is 0 Å². The van der Waals surface area contributed by atoms with Crippen molar-refractivity contribution in [3.8, 4) is 0 Å². The van der Waals surface area contributed by atoms with Crippen LogP contribution in [0.4, 0.5) is 0 Å². The fourth-order valence-electron chi connectivity index (χ4n) is 3.25. The molecule has 2 N–H and O–H groups in total. The van der Waals surface area contributed by atoms with Gasteiger partial charge < -0.3 is 10.6 Å². The highest BCUT2D eigenvalue weighted by atomic mass is 32.2. The molecule has 0 fully saturated rings. The van der Waals surface area contributed by atoms with Gasteiger partial charge in [0.2, 0.25) is 5.91 Å². The summed E-state index contributed by atoms with van der Waals surface area (Å²) in [6, 6.07) is 4.76. The number of pyridine rings is 1. The monoisotopic (exact) mass is 374 g/mol. The van der Waals surface area contributed by atoms with Crippen molar-refractivity contribution >= 4 is 26.7 Å². The van der Waals surface area contributed by atoms with Crippen LogP contribution < -0.4 is 5.73 Å². The van der Waals surface area contributed by atoms with Crippen LogP contribution in [0.1, 0.15) is 12.5 Å². The van der Waals surface area contributed by atoms with E-state index in [1.54, 1.807) is 48.6 Å². The number of carbonyl (C=O) groups is 1. The minimum Gasteiger partial charge on any atom is -0.336 e. The molecule has 0 radical (unpaired) electrons. The fourth-order valence-corrected chi connectivity index (χ4v) is 5.05. The molecule has 2 aromatic rings. The largest absolute Gasteiger partial charge is 0.336 e. The van der Waals surface area contributed by atoms with Gasteiger partial charge in [-0.05, 0) is 31.6 Å². The standard InChI is InChI=1S/C18H22N4O3S/c1-13-10-20-11-15-5-3-6-16(18(13)15)26(24,25)22-8-4-7-21(12-14(22)2)17(23)9-19/h3-6,8,10-11,14H,7,9,12,19H2,1-2H3/t14-/m0/s1.